The minimum atomic E-state index is -3.48. The Morgan fingerprint density at radius 3 is 2.73 bits per heavy atom. The maximum Gasteiger partial charge on any atom is 0.240 e. The highest BCUT2D eigenvalue weighted by Gasteiger charge is 2.19. The summed E-state index contributed by atoms with van der Waals surface area (Å²) in [4.78, 5) is 4.48. The highest BCUT2D eigenvalue weighted by molar-refractivity contribution is 7.89. The van der Waals surface area contributed by atoms with Crippen LogP contribution in [0, 0.1) is 6.92 Å². The second-order valence-electron chi connectivity index (χ2n) is 5.42. The van der Waals surface area contributed by atoms with Crippen LogP contribution in [0.3, 0.4) is 0 Å². The molecule has 1 aliphatic rings. The molecule has 6 nitrogen and oxygen atoms in total. The lowest BCUT2D eigenvalue weighted by Crippen LogP contribution is -2.37. The van der Waals surface area contributed by atoms with E-state index >= 15 is 0 Å². The van der Waals surface area contributed by atoms with Crippen LogP contribution < -0.4 is 10.0 Å². The van der Waals surface area contributed by atoms with E-state index < -0.39 is 10.0 Å². The van der Waals surface area contributed by atoms with E-state index in [2.05, 4.69) is 15.0 Å². The standard InChI is InChI=1S/C15H19N3O3S/c1-11-18-15(10-21-11)12-4-6-14(7-5-12)22(19,20)17-9-13-3-2-8-16-13/h4-7,10,13,16-17H,2-3,8-9H2,1H3. The molecule has 2 aromatic rings. The summed E-state index contributed by atoms with van der Waals surface area (Å²) in [5, 5.41) is 3.27. The quantitative estimate of drug-likeness (QED) is 0.875. The van der Waals surface area contributed by atoms with E-state index in [9.17, 15) is 8.42 Å². The van der Waals surface area contributed by atoms with Gasteiger partial charge in [0.2, 0.25) is 10.0 Å². The van der Waals surface area contributed by atoms with Gasteiger partial charge >= 0.3 is 0 Å². The molecule has 1 saturated heterocycles. The molecule has 0 bridgehead atoms. The Morgan fingerprint density at radius 1 is 1.36 bits per heavy atom. The molecule has 1 aromatic heterocycles. The fourth-order valence-electron chi connectivity index (χ4n) is 2.53. The molecule has 3 rings (SSSR count). The molecule has 22 heavy (non-hydrogen) atoms. The van der Waals surface area contributed by atoms with Crippen LogP contribution in [0.2, 0.25) is 0 Å². The van der Waals surface area contributed by atoms with Gasteiger partial charge in [-0.3, -0.25) is 0 Å². The van der Waals surface area contributed by atoms with Crippen LogP contribution in [0.25, 0.3) is 11.3 Å². The summed E-state index contributed by atoms with van der Waals surface area (Å²) in [5.41, 5.74) is 1.53. The van der Waals surface area contributed by atoms with Crippen molar-refractivity contribution in [3.8, 4) is 11.3 Å². The number of aromatic nitrogens is 1. The SMILES string of the molecule is Cc1nc(-c2ccc(S(=O)(=O)NCC3CCCN3)cc2)co1. The first-order chi connectivity index (χ1) is 10.5. The van der Waals surface area contributed by atoms with Crippen molar-refractivity contribution in [3.63, 3.8) is 0 Å². The molecule has 1 fully saturated rings. The zero-order chi connectivity index (χ0) is 15.6. The predicted molar refractivity (Wildman–Crippen MR) is 82.9 cm³/mol. The molecule has 1 unspecified atom stereocenters. The van der Waals surface area contributed by atoms with Crippen LogP contribution in [0.5, 0.6) is 0 Å². The monoisotopic (exact) mass is 321 g/mol. The zero-order valence-electron chi connectivity index (χ0n) is 12.4. The molecule has 0 amide bonds. The Morgan fingerprint density at radius 2 is 2.14 bits per heavy atom. The first-order valence-corrected chi connectivity index (χ1v) is 8.78. The molecule has 1 atom stereocenters. The number of nitrogens with one attached hydrogen (secondary N) is 2. The Kier molecular flexibility index (Phi) is 4.28. The van der Waals surface area contributed by atoms with Gasteiger partial charge in [0.1, 0.15) is 12.0 Å². The van der Waals surface area contributed by atoms with E-state index in [0.717, 1.165) is 24.9 Å². The van der Waals surface area contributed by atoms with Crippen molar-refractivity contribution in [2.24, 2.45) is 0 Å². The number of sulfonamides is 1. The molecular weight excluding hydrogens is 302 g/mol. The molecule has 118 valence electrons. The van der Waals surface area contributed by atoms with Gasteiger partial charge in [-0.1, -0.05) is 12.1 Å². The lowest BCUT2D eigenvalue weighted by atomic mass is 10.2. The molecule has 7 heteroatoms. The van der Waals surface area contributed by atoms with Gasteiger partial charge in [-0.25, -0.2) is 18.1 Å². The van der Waals surface area contributed by atoms with Crippen LogP contribution in [0.4, 0.5) is 0 Å². The number of rotatable bonds is 5. The van der Waals surface area contributed by atoms with E-state index in [0.29, 0.717) is 18.1 Å². The van der Waals surface area contributed by atoms with Gasteiger partial charge in [0, 0.05) is 25.1 Å². The minimum Gasteiger partial charge on any atom is -0.449 e. The summed E-state index contributed by atoms with van der Waals surface area (Å²) < 4.78 is 32.4. The molecule has 0 saturated carbocycles. The van der Waals surface area contributed by atoms with E-state index in [1.807, 2.05) is 0 Å². The van der Waals surface area contributed by atoms with Crippen molar-refractivity contribution in [1.29, 1.82) is 0 Å². The van der Waals surface area contributed by atoms with E-state index in [1.54, 1.807) is 37.5 Å². The Labute approximate surface area is 130 Å². The molecular formula is C15H19N3O3S. The Balaban J connectivity index is 1.70. The normalized spacial score (nSPS) is 18.7. The van der Waals surface area contributed by atoms with Crippen molar-refractivity contribution < 1.29 is 12.8 Å². The first kappa shape index (κ1) is 15.2. The van der Waals surface area contributed by atoms with Crippen molar-refractivity contribution in [3.05, 3.63) is 36.4 Å². The lowest BCUT2D eigenvalue weighted by molar-refractivity contribution is 0.521. The lowest BCUT2D eigenvalue weighted by Gasteiger charge is -2.12. The third-order valence-electron chi connectivity index (χ3n) is 3.76. The maximum absolute atomic E-state index is 12.3. The highest BCUT2D eigenvalue weighted by Crippen LogP contribution is 2.20. The number of oxazole rings is 1. The Bertz CT molecular complexity index is 732. The van der Waals surface area contributed by atoms with E-state index in [-0.39, 0.29) is 10.9 Å². The summed E-state index contributed by atoms with van der Waals surface area (Å²) in [6, 6.07) is 6.87. The van der Waals surface area contributed by atoms with Crippen LogP contribution >= 0.6 is 0 Å². The number of hydrogen-bond acceptors (Lipinski definition) is 5. The molecule has 1 aliphatic heterocycles. The number of benzene rings is 1. The smallest absolute Gasteiger partial charge is 0.240 e. The molecule has 2 heterocycles. The maximum atomic E-state index is 12.3. The van der Waals surface area contributed by atoms with Crippen LogP contribution in [-0.2, 0) is 10.0 Å². The first-order valence-electron chi connectivity index (χ1n) is 7.30. The van der Waals surface area contributed by atoms with Crippen LogP contribution in [0.15, 0.2) is 39.8 Å². The fraction of sp³-hybridized carbons (Fsp3) is 0.400. The van der Waals surface area contributed by atoms with Crippen molar-refractivity contribution >= 4 is 10.0 Å². The minimum absolute atomic E-state index is 0.229. The largest absolute Gasteiger partial charge is 0.449 e. The van der Waals surface area contributed by atoms with Gasteiger partial charge in [-0.2, -0.15) is 0 Å². The van der Waals surface area contributed by atoms with Gasteiger partial charge in [-0.15, -0.1) is 0 Å². The third-order valence-corrected chi connectivity index (χ3v) is 5.20. The molecule has 1 aromatic carbocycles. The van der Waals surface area contributed by atoms with Crippen LogP contribution in [0.1, 0.15) is 18.7 Å². The van der Waals surface area contributed by atoms with Crippen LogP contribution in [-0.4, -0.2) is 32.5 Å². The van der Waals surface area contributed by atoms with Gasteiger partial charge in [0.15, 0.2) is 5.89 Å². The summed E-state index contributed by atoms with van der Waals surface area (Å²) >= 11 is 0. The predicted octanol–water partition coefficient (Wildman–Crippen LogP) is 1.68. The number of aryl methyl sites for hydroxylation is 1. The van der Waals surface area contributed by atoms with Gasteiger partial charge in [0.25, 0.3) is 0 Å². The summed E-state index contributed by atoms with van der Waals surface area (Å²) in [6.45, 7) is 3.15. The van der Waals surface area contributed by atoms with E-state index in [4.69, 9.17) is 4.42 Å². The third kappa shape index (κ3) is 3.37. The van der Waals surface area contributed by atoms with Gasteiger partial charge < -0.3 is 9.73 Å². The molecule has 2 N–H and O–H groups in total. The van der Waals surface area contributed by atoms with Crippen molar-refractivity contribution in [2.45, 2.75) is 30.7 Å². The average molecular weight is 321 g/mol. The van der Waals surface area contributed by atoms with Crippen molar-refractivity contribution in [1.82, 2.24) is 15.0 Å². The van der Waals surface area contributed by atoms with Gasteiger partial charge in [-0.05, 0) is 31.5 Å². The fourth-order valence-corrected chi connectivity index (χ4v) is 3.61. The van der Waals surface area contributed by atoms with E-state index in [1.165, 1.54) is 0 Å². The number of hydrogen-bond donors (Lipinski definition) is 2. The molecule has 0 aliphatic carbocycles. The second-order valence-corrected chi connectivity index (χ2v) is 7.19. The molecule has 0 spiro atoms. The summed E-state index contributed by atoms with van der Waals surface area (Å²) in [7, 11) is -3.48. The second kappa shape index (κ2) is 6.20. The highest BCUT2D eigenvalue weighted by atomic mass is 32.2. The zero-order valence-corrected chi connectivity index (χ0v) is 13.2. The Hall–Kier alpha value is -1.70. The summed E-state index contributed by atoms with van der Waals surface area (Å²) in [6.07, 6.45) is 3.66. The number of nitrogens with zero attached hydrogens (tertiary/aromatic N) is 1. The topological polar surface area (TPSA) is 84.2 Å². The summed E-state index contributed by atoms with van der Waals surface area (Å²) in [5.74, 6) is 0.581. The van der Waals surface area contributed by atoms with Gasteiger partial charge in [0.05, 0.1) is 4.90 Å². The molecule has 0 radical (unpaired) electrons. The average Bonchev–Trinajstić information content (AvgIpc) is 3.17. The van der Waals surface area contributed by atoms with Crippen molar-refractivity contribution in [2.75, 3.05) is 13.1 Å².